The van der Waals surface area contributed by atoms with E-state index in [4.69, 9.17) is 10.5 Å². The lowest BCUT2D eigenvalue weighted by Gasteiger charge is -2.26. The van der Waals surface area contributed by atoms with Gasteiger partial charge in [-0.3, -0.25) is 14.5 Å². The number of primary amides is 1. The molecule has 0 heterocycles. The molecule has 2 rings (SSSR count). The van der Waals surface area contributed by atoms with Crippen molar-refractivity contribution < 1.29 is 14.3 Å². The number of amides is 2. The Morgan fingerprint density at radius 3 is 2.32 bits per heavy atom. The molecule has 0 aliphatic carbocycles. The number of rotatable bonds is 8. The van der Waals surface area contributed by atoms with Crippen molar-refractivity contribution in [2.75, 3.05) is 25.5 Å². The summed E-state index contributed by atoms with van der Waals surface area (Å²) < 4.78 is 5.20. The smallest absolute Gasteiger partial charge is 0.255 e. The van der Waals surface area contributed by atoms with Crippen LogP contribution in [0.2, 0.25) is 0 Å². The van der Waals surface area contributed by atoms with E-state index in [0.29, 0.717) is 11.4 Å². The van der Waals surface area contributed by atoms with Gasteiger partial charge in [0.05, 0.1) is 0 Å². The number of benzene rings is 2. The summed E-state index contributed by atoms with van der Waals surface area (Å²) in [5.41, 5.74) is 6.63. The van der Waals surface area contributed by atoms with Crippen molar-refractivity contribution in [3.8, 4) is 5.75 Å². The summed E-state index contributed by atoms with van der Waals surface area (Å²) in [5.74, 6) is -0.130. The van der Waals surface area contributed by atoms with Gasteiger partial charge in [-0.05, 0) is 43.4 Å². The predicted molar refractivity (Wildman–Crippen MR) is 97.2 cm³/mol. The monoisotopic (exact) mass is 341 g/mol. The highest BCUT2D eigenvalue weighted by molar-refractivity contribution is 5.95. The number of nitrogens with one attached hydrogen (secondary N) is 1. The van der Waals surface area contributed by atoms with E-state index < -0.39 is 5.91 Å². The predicted octanol–water partition coefficient (Wildman–Crippen LogP) is 2.18. The quantitative estimate of drug-likeness (QED) is 0.771. The fourth-order valence-electron chi connectivity index (χ4n) is 2.42. The molecule has 0 fully saturated rings. The normalized spacial score (nSPS) is 11.8. The fourth-order valence-corrected chi connectivity index (χ4v) is 2.42. The van der Waals surface area contributed by atoms with Crippen LogP contribution >= 0.6 is 0 Å². The van der Waals surface area contributed by atoms with Gasteiger partial charge in [-0.1, -0.05) is 37.3 Å². The molecule has 0 aliphatic rings. The second-order valence-electron chi connectivity index (χ2n) is 5.66. The minimum absolute atomic E-state index is 0.110. The number of hydrogen-bond acceptors (Lipinski definition) is 4. The molecule has 25 heavy (non-hydrogen) atoms. The zero-order valence-electron chi connectivity index (χ0n) is 14.4. The van der Waals surface area contributed by atoms with E-state index in [9.17, 15) is 9.59 Å². The van der Waals surface area contributed by atoms with E-state index in [0.717, 1.165) is 12.1 Å². The number of carbonyl (C=O) groups excluding carboxylic acids is 2. The van der Waals surface area contributed by atoms with Crippen LogP contribution in [0.25, 0.3) is 0 Å². The Bertz CT molecular complexity index is 702. The van der Waals surface area contributed by atoms with Gasteiger partial charge in [0.25, 0.3) is 5.91 Å². The maximum atomic E-state index is 12.8. The summed E-state index contributed by atoms with van der Waals surface area (Å²) in [6, 6.07) is 16.1. The van der Waals surface area contributed by atoms with Gasteiger partial charge >= 0.3 is 0 Å². The summed E-state index contributed by atoms with van der Waals surface area (Å²) in [4.78, 5) is 25.5. The van der Waals surface area contributed by atoms with Gasteiger partial charge in [-0.2, -0.15) is 0 Å². The molecular formula is C19H23N3O3. The highest BCUT2D eigenvalue weighted by Gasteiger charge is 2.24. The van der Waals surface area contributed by atoms with Crippen LogP contribution in [0.3, 0.4) is 0 Å². The fraction of sp³-hybridized carbons (Fsp3) is 0.263. The van der Waals surface area contributed by atoms with Crippen LogP contribution in [0.15, 0.2) is 54.6 Å². The molecule has 2 aromatic carbocycles. The highest BCUT2D eigenvalue weighted by Crippen LogP contribution is 2.22. The van der Waals surface area contributed by atoms with Crippen molar-refractivity contribution in [2.24, 2.45) is 5.73 Å². The summed E-state index contributed by atoms with van der Waals surface area (Å²) >= 11 is 0. The Hall–Kier alpha value is -2.86. The molecule has 3 N–H and O–H groups in total. The Balaban J connectivity index is 2.09. The van der Waals surface area contributed by atoms with Crippen molar-refractivity contribution in [3.05, 3.63) is 60.2 Å². The zero-order chi connectivity index (χ0) is 18.2. The molecule has 2 amide bonds. The molecule has 1 unspecified atom stereocenters. The van der Waals surface area contributed by atoms with Crippen LogP contribution in [0.1, 0.15) is 18.5 Å². The number of anilines is 1. The van der Waals surface area contributed by atoms with Gasteiger partial charge < -0.3 is 15.8 Å². The summed E-state index contributed by atoms with van der Waals surface area (Å²) in [6.45, 7) is 2.57. The van der Waals surface area contributed by atoms with Crippen LogP contribution in [-0.2, 0) is 9.59 Å². The second kappa shape index (κ2) is 8.84. The second-order valence-corrected chi connectivity index (χ2v) is 5.66. The van der Waals surface area contributed by atoms with Crippen molar-refractivity contribution in [1.82, 2.24) is 4.90 Å². The lowest BCUT2D eigenvalue weighted by molar-refractivity contribution is -0.121. The first kappa shape index (κ1) is 18.5. The lowest BCUT2D eigenvalue weighted by atomic mass is 10.0. The average molecular weight is 341 g/mol. The van der Waals surface area contributed by atoms with E-state index >= 15 is 0 Å². The first-order valence-corrected chi connectivity index (χ1v) is 8.08. The molecule has 1 atom stereocenters. The van der Waals surface area contributed by atoms with Gasteiger partial charge in [0, 0.05) is 5.69 Å². The number of ether oxygens (including phenoxy) is 1. The van der Waals surface area contributed by atoms with Crippen LogP contribution in [-0.4, -0.2) is 36.9 Å². The van der Waals surface area contributed by atoms with Gasteiger partial charge in [-0.15, -0.1) is 0 Å². The average Bonchev–Trinajstić information content (AvgIpc) is 2.62. The Labute approximate surface area is 147 Å². The molecule has 132 valence electrons. The third-order valence-corrected chi connectivity index (χ3v) is 3.81. The number of nitrogens with two attached hydrogens (primary N) is 1. The standard InChI is InChI=1S/C19H23N3O3/c1-3-22(2)18(14-7-5-4-6-8-14)19(24)21-15-9-11-16(12-10-15)25-13-17(20)23/h4-12,18H,3,13H2,1-2H3,(H2,20,23)(H,21,24). The summed E-state index contributed by atoms with van der Waals surface area (Å²) in [5, 5.41) is 2.92. The van der Waals surface area contributed by atoms with Gasteiger partial charge in [-0.25, -0.2) is 0 Å². The summed E-state index contributed by atoms with van der Waals surface area (Å²) in [6.07, 6.45) is 0. The van der Waals surface area contributed by atoms with Crippen LogP contribution in [0, 0.1) is 0 Å². The number of nitrogens with zero attached hydrogens (tertiary/aromatic N) is 1. The van der Waals surface area contributed by atoms with Gasteiger partial charge in [0.1, 0.15) is 11.8 Å². The number of likely N-dealkylation sites (N-methyl/N-ethyl adjacent to an activating group) is 1. The number of hydrogen-bond donors (Lipinski definition) is 2. The molecule has 6 nitrogen and oxygen atoms in total. The van der Waals surface area contributed by atoms with Crippen molar-refractivity contribution in [1.29, 1.82) is 0 Å². The minimum Gasteiger partial charge on any atom is -0.484 e. The third kappa shape index (κ3) is 5.32. The van der Waals surface area contributed by atoms with Gasteiger partial charge in [0.15, 0.2) is 6.61 Å². The van der Waals surface area contributed by atoms with Crippen molar-refractivity contribution in [3.63, 3.8) is 0 Å². The van der Waals surface area contributed by atoms with Gasteiger partial charge in [0.2, 0.25) is 5.91 Å². The molecule has 0 bridgehead atoms. The topological polar surface area (TPSA) is 84.7 Å². The SMILES string of the molecule is CCN(C)C(C(=O)Nc1ccc(OCC(N)=O)cc1)c1ccccc1. The van der Waals surface area contributed by atoms with Crippen LogP contribution in [0.4, 0.5) is 5.69 Å². The van der Waals surface area contributed by atoms with Crippen LogP contribution in [0.5, 0.6) is 5.75 Å². The van der Waals surface area contributed by atoms with E-state index in [1.54, 1.807) is 24.3 Å². The maximum absolute atomic E-state index is 12.8. The third-order valence-electron chi connectivity index (χ3n) is 3.81. The molecular weight excluding hydrogens is 318 g/mol. The molecule has 0 aliphatic heterocycles. The van der Waals surface area contributed by atoms with E-state index in [-0.39, 0.29) is 18.6 Å². The Kier molecular flexibility index (Phi) is 6.54. The largest absolute Gasteiger partial charge is 0.484 e. The first-order valence-electron chi connectivity index (χ1n) is 8.08. The van der Waals surface area contributed by atoms with E-state index in [2.05, 4.69) is 5.32 Å². The van der Waals surface area contributed by atoms with Crippen molar-refractivity contribution in [2.45, 2.75) is 13.0 Å². The molecule has 2 aromatic rings. The molecule has 0 aromatic heterocycles. The zero-order valence-corrected chi connectivity index (χ0v) is 14.4. The lowest BCUT2D eigenvalue weighted by Crippen LogP contribution is -2.34. The Morgan fingerprint density at radius 1 is 1.12 bits per heavy atom. The Morgan fingerprint density at radius 2 is 1.76 bits per heavy atom. The van der Waals surface area contributed by atoms with Crippen LogP contribution < -0.4 is 15.8 Å². The minimum atomic E-state index is -0.536. The summed E-state index contributed by atoms with van der Waals surface area (Å²) in [7, 11) is 1.91. The molecule has 0 saturated carbocycles. The number of carbonyl (C=O) groups is 2. The van der Waals surface area contributed by atoms with Crippen molar-refractivity contribution >= 4 is 17.5 Å². The first-order chi connectivity index (χ1) is 12.0. The molecule has 0 saturated heterocycles. The van der Waals surface area contributed by atoms with E-state index in [1.807, 2.05) is 49.2 Å². The molecule has 0 radical (unpaired) electrons. The molecule has 6 heteroatoms. The highest BCUT2D eigenvalue weighted by atomic mass is 16.5. The molecule has 0 spiro atoms. The van der Waals surface area contributed by atoms with E-state index in [1.165, 1.54) is 0 Å². The maximum Gasteiger partial charge on any atom is 0.255 e.